The van der Waals surface area contributed by atoms with Gasteiger partial charge in [0.2, 0.25) is 0 Å². The molecule has 0 bridgehead atoms. The molecule has 2 N–H and O–H groups in total. The van der Waals surface area contributed by atoms with Crippen molar-refractivity contribution in [3.63, 3.8) is 0 Å². The average Bonchev–Trinajstić information content (AvgIpc) is 2.48. The van der Waals surface area contributed by atoms with E-state index >= 15 is 0 Å². The maximum Gasteiger partial charge on any atom is 0.311 e. The molecule has 0 spiro atoms. The van der Waals surface area contributed by atoms with Crippen molar-refractivity contribution in [2.45, 2.75) is 37.3 Å². The van der Waals surface area contributed by atoms with Crippen LogP contribution in [0.1, 0.15) is 37.0 Å². The first-order chi connectivity index (χ1) is 10.3. The molecule has 0 radical (unpaired) electrons. The monoisotopic (exact) mass is 331 g/mol. The smallest absolute Gasteiger partial charge is 0.311 e. The van der Waals surface area contributed by atoms with E-state index in [1.165, 1.54) is 24.3 Å². The Bertz CT molecular complexity index is 516. The Kier molecular flexibility index (Phi) is 6.80. The summed E-state index contributed by atoms with van der Waals surface area (Å²) >= 11 is 0.405. The number of hydrogen-bond acceptors (Lipinski definition) is 3. The fourth-order valence-electron chi connectivity index (χ4n) is 2.02. The zero-order valence-corrected chi connectivity index (χ0v) is 13.3. The number of thioether (sulfide) groups is 1. The molecule has 0 atom stereocenters. The van der Waals surface area contributed by atoms with Crippen molar-refractivity contribution in [1.82, 2.24) is 5.32 Å². The minimum atomic E-state index is -2.51. The van der Waals surface area contributed by atoms with E-state index in [2.05, 4.69) is 5.32 Å². The Morgan fingerprint density at radius 3 is 2.18 bits per heavy atom. The predicted octanol–water partition coefficient (Wildman–Crippen LogP) is 3.62. The highest BCUT2D eigenvalue weighted by Gasteiger charge is 2.35. The summed E-state index contributed by atoms with van der Waals surface area (Å²) in [6.07, 6.45) is 0.812. The molecule has 0 aromatic heterocycles. The van der Waals surface area contributed by atoms with Crippen LogP contribution in [0.5, 0.6) is 0 Å². The Morgan fingerprint density at radius 2 is 1.77 bits per heavy atom. The number of hydrogen-bond donors (Lipinski definition) is 2. The van der Waals surface area contributed by atoms with Gasteiger partial charge in [0.15, 0.2) is 0 Å². The fraction of sp³-hybridized carbons (Fsp3) is 0.467. The van der Waals surface area contributed by atoms with Crippen molar-refractivity contribution in [3.8, 4) is 0 Å². The first-order valence-electron chi connectivity index (χ1n) is 6.91. The van der Waals surface area contributed by atoms with Crippen LogP contribution in [0.15, 0.2) is 29.2 Å². The van der Waals surface area contributed by atoms with E-state index in [9.17, 15) is 23.5 Å². The van der Waals surface area contributed by atoms with Gasteiger partial charge in [-0.2, -0.15) is 8.78 Å². The topological polar surface area (TPSA) is 66.4 Å². The Labute approximate surface area is 132 Å². The van der Waals surface area contributed by atoms with E-state index in [4.69, 9.17) is 0 Å². The van der Waals surface area contributed by atoms with Gasteiger partial charge in [0.1, 0.15) is 0 Å². The lowest BCUT2D eigenvalue weighted by Gasteiger charge is -2.26. The van der Waals surface area contributed by atoms with Gasteiger partial charge in [-0.3, -0.25) is 9.59 Å². The van der Waals surface area contributed by atoms with Gasteiger partial charge in [0, 0.05) is 17.0 Å². The average molecular weight is 331 g/mol. The molecule has 1 aromatic carbocycles. The lowest BCUT2D eigenvalue weighted by atomic mass is 9.82. The van der Waals surface area contributed by atoms with Crippen LogP contribution >= 0.6 is 11.8 Å². The van der Waals surface area contributed by atoms with Gasteiger partial charge in [0.25, 0.3) is 11.7 Å². The van der Waals surface area contributed by atoms with Crippen LogP contribution in [0.4, 0.5) is 8.78 Å². The van der Waals surface area contributed by atoms with Gasteiger partial charge >= 0.3 is 5.97 Å². The van der Waals surface area contributed by atoms with Crippen LogP contribution in [0.3, 0.4) is 0 Å². The number of benzene rings is 1. The molecule has 0 aliphatic rings. The normalized spacial score (nSPS) is 11.5. The maximum atomic E-state index is 12.2. The van der Waals surface area contributed by atoms with Gasteiger partial charge in [-0.1, -0.05) is 25.6 Å². The molecular formula is C15H19F2NO3S. The number of carboxylic acids is 1. The van der Waals surface area contributed by atoms with Crippen LogP contribution in [-0.2, 0) is 4.79 Å². The lowest BCUT2D eigenvalue weighted by molar-refractivity contribution is -0.149. The zero-order chi connectivity index (χ0) is 16.8. The highest BCUT2D eigenvalue weighted by Crippen LogP contribution is 2.27. The van der Waals surface area contributed by atoms with E-state index in [-0.39, 0.29) is 6.54 Å². The summed E-state index contributed by atoms with van der Waals surface area (Å²) in [5.41, 5.74) is -0.675. The third kappa shape index (κ3) is 4.69. The minimum absolute atomic E-state index is 0.0295. The van der Waals surface area contributed by atoms with E-state index < -0.39 is 23.0 Å². The summed E-state index contributed by atoms with van der Waals surface area (Å²) < 4.78 is 24.4. The highest BCUT2D eigenvalue weighted by molar-refractivity contribution is 7.99. The van der Waals surface area contributed by atoms with Gasteiger partial charge in [-0.05, 0) is 37.1 Å². The van der Waals surface area contributed by atoms with Crippen LogP contribution in [0, 0.1) is 5.41 Å². The third-order valence-electron chi connectivity index (χ3n) is 3.74. The number of alkyl halides is 2. The third-order valence-corrected chi connectivity index (χ3v) is 4.46. The lowest BCUT2D eigenvalue weighted by Crippen LogP contribution is -2.42. The van der Waals surface area contributed by atoms with E-state index in [0.717, 1.165) is 0 Å². The number of nitrogens with one attached hydrogen (secondary N) is 1. The second kappa shape index (κ2) is 8.12. The first kappa shape index (κ1) is 18.4. The summed E-state index contributed by atoms with van der Waals surface area (Å²) in [7, 11) is 0. The van der Waals surface area contributed by atoms with Gasteiger partial charge in [-0.25, -0.2) is 0 Å². The van der Waals surface area contributed by atoms with Crippen LogP contribution < -0.4 is 5.32 Å². The highest BCUT2D eigenvalue weighted by atomic mass is 32.2. The Hall–Kier alpha value is -1.63. The molecule has 4 nitrogen and oxygen atoms in total. The molecule has 0 aliphatic heterocycles. The van der Waals surface area contributed by atoms with E-state index in [1.54, 1.807) is 13.8 Å². The van der Waals surface area contributed by atoms with Crippen molar-refractivity contribution in [3.05, 3.63) is 29.8 Å². The molecule has 1 amide bonds. The summed E-state index contributed by atoms with van der Waals surface area (Å²) in [6.45, 7) is 3.56. The molecule has 0 saturated carbocycles. The first-order valence-corrected chi connectivity index (χ1v) is 7.79. The van der Waals surface area contributed by atoms with Crippen LogP contribution in [0.2, 0.25) is 0 Å². The molecule has 22 heavy (non-hydrogen) atoms. The largest absolute Gasteiger partial charge is 0.481 e. The summed E-state index contributed by atoms with van der Waals surface area (Å²) in [5, 5.41) is 11.9. The van der Waals surface area contributed by atoms with Crippen molar-refractivity contribution in [2.24, 2.45) is 5.41 Å². The molecule has 1 rings (SSSR count). The quantitative estimate of drug-likeness (QED) is 0.714. The number of aliphatic carboxylic acids is 1. The fourth-order valence-corrected chi connectivity index (χ4v) is 2.52. The molecular weight excluding hydrogens is 312 g/mol. The maximum absolute atomic E-state index is 12.2. The molecule has 0 heterocycles. The molecule has 0 saturated heterocycles. The van der Waals surface area contributed by atoms with E-state index in [0.29, 0.717) is 35.1 Å². The predicted molar refractivity (Wildman–Crippen MR) is 81.3 cm³/mol. The zero-order valence-electron chi connectivity index (χ0n) is 12.4. The van der Waals surface area contributed by atoms with Crippen LogP contribution in [-0.4, -0.2) is 29.3 Å². The number of carbonyl (C=O) groups excluding carboxylic acids is 1. The summed E-state index contributed by atoms with van der Waals surface area (Å²) in [5.74, 6) is -3.87. The molecule has 122 valence electrons. The minimum Gasteiger partial charge on any atom is -0.481 e. The Morgan fingerprint density at radius 1 is 1.23 bits per heavy atom. The van der Waals surface area contributed by atoms with Crippen molar-refractivity contribution < 1.29 is 23.5 Å². The second-order valence-electron chi connectivity index (χ2n) is 4.88. The van der Waals surface area contributed by atoms with Gasteiger partial charge in [-0.15, -0.1) is 0 Å². The van der Waals surface area contributed by atoms with E-state index in [1.807, 2.05) is 0 Å². The SMILES string of the molecule is CCC(CC)(CNC(=O)c1ccc(SC(F)F)cc1)C(=O)O. The number of rotatable bonds is 8. The van der Waals surface area contributed by atoms with Crippen molar-refractivity contribution in [1.29, 1.82) is 0 Å². The summed E-state index contributed by atoms with van der Waals surface area (Å²) in [4.78, 5) is 23.7. The molecule has 7 heteroatoms. The number of carbonyl (C=O) groups is 2. The molecule has 1 aromatic rings. The van der Waals surface area contributed by atoms with Gasteiger partial charge < -0.3 is 10.4 Å². The van der Waals surface area contributed by atoms with Crippen molar-refractivity contribution in [2.75, 3.05) is 6.54 Å². The number of amides is 1. The number of carboxylic acid groups (broad SMARTS) is 1. The molecule has 0 fully saturated rings. The number of halogens is 2. The van der Waals surface area contributed by atoms with Gasteiger partial charge in [0.05, 0.1) is 5.41 Å². The van der Waals surface area contributed by atoms with Crippen LogP contribution in [0.25, 0.3) is 0 Å². The standard InChI is InChI=1S/C15H19F2NO3S/c1-3-15(4-2,13(20)21)9-18-12(19)10-5-7-11(8-6-10)22-14(16)17/h5-8,14H,3-4,9H2,1-2H3,(H,18,19)(H,20,21). The van der Waals surface area contributed by atoms with Crippen molar-refractivity contribution >= 4 is 23.6 Å². The molecule has 0 aliphatic carbocycles. The molecule has 0 unspecified atom stereocenters. The Balaban J connectivity index is 2.71. The second-order valence-corrected chi connectivity index (χ2v) is 5.94. The summed E-state index contributed by atoms with van der Waals surface area (Å²) in [6, 6.07) is 5.77.